The van der Waals surface area contributed by atoms with E-state index in [4.69, 9.17) is 4.74 Å². The van der Waals surface area contributed by atoms with E-state index in [-0.39, 0.29) is 0 Å². The topological polar surface area (TPSA) is 37.9 Å². The van der Waals surface area contributed by atoms with Gasteiger partial charge in [0.1, 0.15) is 6.10 Å². The van der Waals surface area contributed by atoms with Gasteiger partial charge in [-0.1, -0.05) is 0 Å². The summed E-state index contributed by atoms with van der Waals surface area (Å²) in [6.07, 6.45) is 7.63. The van der Waals surface area contributed by atoms with Gasteiger partial charge in [-0.15, -0.1) is 0 Å². The largest absolute Gasteiger partial charge is 0.474 e. The summed E-state index contributed by atoms with van der Waals surface area (Å²) in [5, 5.41) is 6.73. The van der Waals surface area contributed by atoms with Crippen molar-refractivity contribution < 1.29 is 4.74 Å². The summed E-state index contributed by atoms with van der Waals surface area (Å²) in [4.78, 5) is 0. The maximum Gasteiger partial charge on any atom is 0.209 e. The first kappa shape index (κ1) is 7.42. The number of nitrogens with one attached hydrogen (secondary N) is 1. The number of H-pyrrole nitrogens is 1. The second-order valence-electron chi connectivity index (χ2n) is 4.25. The molecule has 3 rings (SSSR count). The SMILES string of the molecule is c1cc(O[C@H]2C[C@@H]3CC[C@H]2C3)[nH]n1. The van der Waals surface area contributed by atoms with Crippen molar-refractivity contribution in [2.24, 2.45) is 11.8 Å². The third-order valence-electron chi connectivity index (χ3n) is 3.43. The second-order valence-corrected chi connectivity index (χ2v) is 4.25. The molecule has 2 aliphatic rings. The van der Waals surface area contributed by atoms with Crippen molar-refractivity contribution in [3.8, 4) is 5.88 Å². The fourth-order valence-corrected chi connectivity index (χ4v) is 2.80. The van der Waals surface area contributed by atoms with Gasteiger partial charge in [-0.2, -0.15) is 5.10 Å². The Kier molecular flexibility index (Phi) is 1.57. The Hall–Kier alpha value is -0.990. The van der Waals surface area contributed by atoms with Crippen molar-refractivity contribution in [2.45, 2.75) is 31.8 Å². The molecule has 0 spiro atoms. The number of fused-ring (bicyclic) bond motifs is 2. The van der Waals surface area contributed by atoms with Crippen LogP contribution in [0.3, 0.4) is 0 Å². The lowest BCUT2D eigenvalue weighted by Gasteiger charge is -2.21. The fraction of sp³-hybridized carbons (Fsp3) is 0.700. The van der Waals surface area contributed by atoms with E-state index in [1.165, 1.54) is 25.7 Å². The Bertz CT molecular complexity index is 283. The molecule has 1 aromatic rings. The Labute approximate surface area is 77.5 Å². The van der Waals surface area contributed by atoms with E-state index in [0.717, 1.165) is 17.7 Å². The maximum atomic E-state index is 5.83. The van der Waals surface area contributed by atoms with Crippen LogP contribution in [0.15, 0.2) is 12.3 Å². The van der Waals surface area contributed by atoms with E-state index in [0.29, 0.717) is 6.10 Å². The number of ether oxygens (including phenoxy) is 1. The Balaban J connectivity index is 1.68. The van der Waals surface area contributed by atoms with Gasteiger partial charge < -0.3 is 4.74 Å². The van der Waals surface area contributed by atoms with Crippen LogP contribution in [0, 0.1) is 11.8 Å². The minimum Gasteiger partial charge on any atom is -0.474 e. The summed E-state index contributed by atoms with van der Waals surface area (Å²) >= 11 is 0. The normalized spacial score (nSPS) is 36.8. The summed E-state index contributed by atoms with van der Waals surface area (Å²) in [6.45, 7) is 0. The van der Waals surface area contributed by atoms with Gasteiger partial charge >= 0.3 is 0 Å². The molecule has 1 aromatic heterocycles. The molecule has 13 heavy (non-hydrogen) atoms. The summed E-state index contributed by atoms with van der Waals surface area (Å²) in [6, 6.07) is 1.89. The summed E-state index contributed by atoms with van der Waals surface area (Å²) in [5.74, 6) is 2.59. The lowest BCUT2D eigenvalue weighted by atomic mass is 9.98. The zero-order valence-electron chi connectivity index (χ0n) is 7.57. The van der Waals surface area contributed by atoms with Gasteiger partial charge in [-0.25, -0.2) is 5.10 Å². The molecule has 70 valence electrons. The van der Waals surface area contributed by atoms with Crippen LogP contribution in [-0.2, 0) is 0 Å². The molecule has 2 saturated carbocycles. The van der Waals surface area contributed by atoms with E-state index in [1.807, 2.05) is 6.07 Å². The predicted molar refractivity (Wildman–Crippen MR) is 48.5 cm³/mol. The standard InChI is InChI=1S/C10H14N2O/c1-2-8-5-7(1)6-9(8)13-10-3-4-11-12-10/h3-4,7-9H,1-2,5-6H2,(H,11,12)/t7-,8+,9+/m1/s1. The van der Waals surface area contributed by atoms with E-state index < -0.39 is 0 Å². The third-order valence-corrected chi connectivity index (χ3v) is 3.43. The molecule has 2 bridgehead atoms. The van der Waals surface area contributed by atoms with Crippen LogP contribution in [0.5, 0.6) is 5.88 Å². The number of aromatic nitrogens is 2. The summed E-state index contributed by atoms with van der Waals surface area (Å²) in [7, 11) is 0. The molecule has 1 heterocycles. The van der Waals surface area contributed by atoms with Gasteiger partial charge in [0.25, 0.3) is 0 Å². The van der Waals surface area contributed by atoms with E-state index in [9.17, 15) is 0 Å². The molecule has 3 atom stereocenters. The zero-order valence-corrected chi connectivity index (χ0v) is 7.57. The summed E-state index contributed by atoms with van der Waals surface area (Å²) < 4.78 is 5.83. The van der Waals surface area contributed by atoms with Crippen molar-refractivity contribution in [2.75, 3.05) is 0 Å². The molecule has 0 amide bonds. The molecule has 0 aromatic carbocycles. The van der Waals surface area contributed by atoms with Crippen LogP contribution < -0.4 is 4.74 Å². The smallest absolute Gasteiger partial charge is 0.209 e. The number of nitrogens with zero attached hydrogens (tertiary/aromatic N) is 1. The van der Waals surface area contributed by atoms with Crippen molar-refractivity contribution in [3.05, 3.63) is 12.3 Å². The number of rotatable bonds is 2. The van der Waals surface area contributed by atoms with Crippen LogP contribution in [0.4, 0.5) is 0 Å². The van der Waals surface area contributed by atoms with Gasteiger partial charge in [-0.3, -0.25) is 0 Å². The fourth-order valence-electron chi connectivity index (χ4n) is 2.80. The van der Waals surface area contributed by atoms with Crippen LogP contribution in [0.25, 0.3) is 0 Å². The number of hydrogen-bond donors (Lipinski definition) is 1. The van der Waals surface area contributed by atoms with Crippen molar-refractivity contribution in [3.63, 3.8) is 0 Å². The predicted octanol–water partition coefficient (Wildman–Crippen LogP) is 1.98. The van der Waals surface area contributed by atoms with E-state index in [2.05, 4.69) is 10.2 Å². The molecular weight excluding hydrogens is 164 g/mol. The van der Waals surface area contributed by atoms with E-state index >= 15 is 0 Å². The van der Waals surface area contributed by atoms with Crippen LogP contribution in [0.2, 0.25) is 0 Å². The molecule has 1 N–H and O–H groups in total. The first-order valence-electron chi connectivity index (χ1n) is 5.08. The van der Waals surface area contributed by atoms with Gasteiger partial charge in [0, 0.05) is 6.07 Å². The first-order chi connectivity index (χ1) is 6.42. The average Bonchev–Trinajstić information content (AvgIpc) is 2.77. The van der Waals surface area contributed by atoms with Crippen molar-refractivity contribution >= 4 is 0 Å². The highest BCUT2D eigenvalue weighted by atomic mass is 16.5. The second kappa shape index (κ2) is 2.76. The molecule has 0 aliphatic heterocycles. The van der Waals surface area contributed by atoms with Crippen LogP contribution in [-0.4, -0.2) is 16.3 Å². The molecule has 2 fully saturated rings. The zero-order chi connectivity index (χ0) is 8.67. The van der Waals surface area contributed by atoms with Gasteiger partial charge in [0.2, 0.25) is 5.88 Å². The highest BCUT2D eigenvalue weighted by Gasteiger charge is 2.41. The molecule has 3 nitrogen and oxygen atoms in total. The van der Waals surface area contributed by atoms with Crippen LogP contribution in [0.1, 0.15) is 25.7 Å². The van der Waals surface area contributed by atoms with E-state index in [1.54, 1.807) is 6.20 Å². The van der Waals surface area contributed by atoms with Gasteiger partial charge in [0.05, 0.1) is 6.20 Å². The minimum absolute atomic E-state index is 0.458. The monoisotopic (exact) mass is 178 g/mol. The van der Waals surface area contributed by atoms with Gasteiger partial charge in [0.15, 0.2) is 0 Å². The molecule has 0 unspecified atom stereocenters. The lowest BCUT2D eigenvalue weighted by molar-refractivity contribution is 0.132. The number of hydrogen-bond acceptors (Lipinski definition) is 2. The Morgan fingerprint density at radius 3 is 3.00 bits per heavy atom. The molecular formula is C10H14N2O. The Morgan fingerprint density at radius 1 is 1.38 bits per heavy atom. The van der Waals surface area contributed by atoms with Gasteiger partial charge in [-0.05, 0) is 37.5 Å². The lowest BCUT2D eigenvalue weighted by Crippen LogP contribution is -2.23. The highest BCUT2D eigenvalue weighted by molar-refractivity contribution is 5.06. The number of aromatic amines is 1. The average molecular weight is 178 g/mol. The molecule has 0 radical (unpaired) electrons. The highest BCUT2D eigenvalue weighted by Crippen LogP contribution is 2.45. The summed E-state index contributed by atoms with van der Waals surface area (Å²) in [5.41, 5.74) is 0. The maximum absolute atomic E-state index is 5.83. The molecule has 0 saturated heterocycles. The van der Waals surface area contributed by atoms with Crippen molar-refractivity contribution in [1.29, 1.82) is 0 Å². The third kappa shape index (κ3) is 1.23. The molecule has 3 heteroatoms. The Morgan fingerprint density at radius 2 is 2.38 bits per heavy atom. The molecule has 2 aliphatic carbocycles. The first-order valence-corrected chi connectivity index (χ1v) is 5.08. The minimum atomic E-state index is 0.458. The van der Waals surface area contributed by atoms with Crippen LogP contribution >= 0.6 is 0 Å². The quantitative estimate of drug-likeness (QED) is 0.752. The van der Waals surface area contributed by atoms with Crippen molar-refractivity contribution in [1.82, 2.24) is 10.2 Å².